The average Bonchev–Trinajstić information content (AvgIpc) is 2.48. The van der Waals surface area contributed by atoms with Gasteiger partial charge in [0.15, 0.2) is 0 Å². The molecule has 0 aliphatic heterocycles. The maximum atomic E-state index is 11.6. The molecule has 1 fully saturated rings. The maximum Gasteiger partial charge on any atom is 0.232 e. The van der Waals surface area contributed by atoms with Crippen molar-refractivity contribution < 1.29 is 9.53 Å². The summed E-state index contributed by atoms with van der Waals surface area (Å²) in [6, 6.07) is 0.263. The number of rotatable bonds is 6. The van der Waals surface area contributed by atoms with Gasteiger partial charge in [0.2, 0.25) is 11.8 Å². The largest absolute Gasteiger partial charge is 0.473 e. The van der Waals surface area contributed by atoms with Gasteiger partial charge in [0.1, 0.15) is 6.10 Å². The van der Waals surface area contributed by atoms with Gasteiger partial charge in [0.05, 0.1) is 6.20 Å². The van der Waals surface area contributed by atoms with Crippen LogP contribution >= 0.6 is 11.6 Å². The third kappa shape index (κ3) is 4.96. The predicted octanol–water partition coefficient (Wildman–Crippen LogP) is 2.30. The Hall–Kier alpha value is -1.36. The zero-order valence-corrected chi connectivity index (χ0v) is 12.2. The van der Waals surface area contributed by atoms with E-state index in [1.54, 1.807) is 18.6 Å². The van der Waals surface area contributed by atoms with E-state index in [2.05, 4.69) is 15.3 Å². The molecule has 0 aromatic carbocycles. The van der Waals surface area contributed by atoms with Crippen LogP contribution in [0.1, 0.15) is 38.5 Å². The molecule has 0 unspecified atom stereocenters. The van der Waals surface area contributed by atoms with Crippen LogP contribution in [0, 0.1) is 0 Å². The van der Waals surface area contributed by atoms with Gasteiger partial charge in [-0.2, -0.15) is 0 Å². The highest BCUT2D eigenvalue weighted by Crippen LogP contribution is 2.22. The summed E-state index contributed by atoms with van der Waals surface area (Å²) in [4.78, 5) is 19.7. The number of halogens is 1. The predicted molar refractivity (Wildman–Crippen MR) is 76.8 cm³/mol. The first-order valence-corrected chi connectivity index (χ1v) is 7.59. The second kappa shape index (κ2) is 8.04. The molecule has 1 saturated carbocycles. The number of nitrogens with zero attached hydrogens (tertiary/aromatic N) is 2. The van der Waals surface area contributed by atoms with Crippen molar-refractivity contribution in [3.8, 4) is 5.88 Å². The van der Waals surface area contributed by atoms with Crippen molar-refractivity contribution in [3.05, 3.63) is 18.6 Å². The molecule has 1 aromatic heterocycles. The number of nitrogens with one attached hydrogen (secondary N) is 1. The van der Waals surface area contributed by atoms with Gasteiger partial charge in [0.25, 0.3) is 0 Å². The van der Waals surface area contributed by atoms with E-state index in [1.165, 1.54) is 0 Å². The van der Waals surface area contributed by atoms with Crippen LogP contribution in [0.3, 0.4) is 0 Å². The Labute approximate surface area is 124 Å². The summed E-state index contributed by atoms with van der Waals surface area (Å²) in [7, 11) is 0. The van der Waals surface area contributed by atoms with E-state index >= 15 is 0 Å². The quantitative estimate of drug-likeness (QED) is 0.818. The Balaban J connectivity index is 1.68. The van der Waals surface area contributed by atoms with E-state index in [4.69, 9.17) is 16.3 Å². The number of carbonyl (C=O) groups excluding carboxylic acids is 1. The van der Waals surface area contributed by atoms with Crippen molar-refractivity contribution in [1.82, 2.24) is 15.3 Å². The minimum Gasteiger partial charge on any atom is -0.473 e. The van der Waals surface area contributed by atoms with Crippen LogP contribution < -0.4 is 10.1 Å². The van der Waals surface area contributed by atoms with Gasteiger partial charge >= 0.3 is 0 Å². The van der Waals surface area contributed by atoms with Crippen molar-refractivity contribution in [2.45, 2.75) is 50.7 Å². The van der Waals surface area contributed by atoms with Crippen molar-refractivity contribution in [1.29, 1.82) is 0 Å². The number of alkyl halides is 1. The van der Waals surface area contributed by atoms with Gasteiger partial charge in [-0.15, -0.1) is 11.6 Å². The lowest BCUT2D eigenvalue weighted by molar-refractivity contribution is -0.122. The minimum atomic E-state index is 0.101. The van der Waals surface area contributed by atoms with Crippen molar-refractivity contribution in [2.75, 3.05) is 5.88 Å². The molecule has 1 aliphatic carbocycles. The third-order valence-electron chi connectivity index (χ3n) is 3.40. The molecule has 20 heavy (non-hydrogen) atoms. The summed E-state index contributed by atoms with van der Waals surface area (Å²) in [6.45, 7) is 0. The highest BCUT2D eigenvalue weighted by molar-refractivity contribution is 6.17. The van der Waals surface area contributed by atoms with Crippen LogP contribution in [0.5, 0.6) is 5.88 Å². The van der Waals surface area contributed by atoms with E-state index < -0.39 is 0 Å². The Bertz CT molecular complexity index is 408. The molecule has 1 heterocycles. The van der Waals surface area contributed by atoms with Crippen LogP contribution in [-0.2, 0) is 4.79 Å². The summed E-state index contributed by atoms with van der Waals surface area (Å²) in [5.74, 6) is 1.21. The van der Waals surface area contributed by atoms with Gasteiger partial charge in [-0.3, -0.25) is 9.78 Å². The lowest BCUT2D eigenvalue weighted by Crippen LogP contribution is -2.39. The van der Waals surface area contributed by atoms with Crippen LogP contribution in [0.4, 0.5) is 0 Å². The first-order valence-electron chi connectivity index (χ1n) is 7.06. The van der Waals surface area contributed by atoms with Gasteiger partial charge in [-0.05, 0) is 32.1 Å². The van der Waals surface area contributed by atoms with E-state index in [-0.39, 0.29) is 18.1 Å². The molecule has 0 spiro atoms. The zero-order chi connectivity index (χ0) is 14.2. The molecule has 1 amide bonds. The lowest BCUT2D eigenvalue weighted by Gasteiger charge is -2.29. The van der Waals surface area contributed by atoms with Gasteiger partial charge in [-0.1, -0.05) is 0 Å². The van der Waals surface area contributed by atoms with Gasteiger partial charge in [-0.25, -0.2) is 4.98 Å². The molecule has 1 N–H and O–H groups in total. The first-order chi connectivity index (χ1) is 9.78. The highest BCUT2D eigenvalue weighted by atomic mass is 35.5. The van der Waals surface area contributed by atoms with Crippen molar-refractivity contribution >= 4 is 17.5 Å². The average molecular weight is 298 g/mol. The standard InChI is InChI=1S/C14H20ClN3O2/c15-7-1-2-13(19)18-11-3-5-12(6-4-11)20-14-10-16-8-9-17-14/h8-12H,1-7H2,(H,18,19). The smallest absolute Gasteiger partial charge is 0.232 e. The fraction of sp³-hybridized carbons (Fsp3) is 0.643. The molecule has 0 radical (unpaired) electrons. The highest BCUT2D eigenvalue weighted by Gasteiger charge is 2.23. The number of amides is 1. The molecular weight excluding hydrogens is 278 g/mol. The van der Waals surface area contributed by atoms with Crippen LogP contribution in [0.2, 0.25) is 0 Å². The lowest BCUT2D eigenvalue weighted by atomic mass is 9.93. The molecule has 6 heteroatoms. The van der Waals surface area contributed by atoms with Crippen molar-refractivity contribution in [3.63, 3.8) is 0 Å². The normalized spacial score (nSPS) is 22.2. The van der Waals surface area contributed by atoms with E-state index in [9.17, 15) is 4.79 Å². The Morgan fingerprint density at radius 1 is 1.35 bits per heavy atom. The number of hydrogen-bond donors (Lipinski definition) is 1. The molecule has 1 aliphatic rings. The van der Waals surface area contributed by atoms with Crippen LogP contribution in [0.15, 0.2) is 18.6 Å². The summed E-state index contributed by atoms with van der Waals surface area (Å²) < 4.78 is 5.77. The Kier molecular flexibility index (Phi) is 6.05. The monoisotopic (exact) mass is 297 g/mol. The Morgan fingerprint density at radius 3 is 2.80 bits per heavy atom. The fourth-order valence-corrected chi connectivity index (χ4v) is 2.50. The van der Waals surface area contributed by atoms with E-state index in [0.29, 0.717) is 18.2 Å². The SMILES string of the molecule is O=C(CCCCl)NC1CCC(Oc2cnccn2)CC1. The number of hydrogen-bond acceptors (Lipinski definition) is 4. The molecule has 1 aromatic rings. The fourth-order valence-electron chi connectivity index (χ4n) is 2.37. The first kappa shape index (κ1) is 15.0. The second-order valence-corrected chi connectivity index (χ2v) is 5.37. The number of aromatic nitrogens is 2. The van der Waals surface area contributed by atoms with Crippen LogP contribution in [-0.4, -0.2) is 33.9 Å². The second-order valence-electron chi connectivity index (χ2n) is 5.00. The summed E-state index contributed by atoms with van der Waals surface area (Å²) in [5.41, 5.74) is 0. The molecule has 0 atom stereocenters. The van der Waals surface area contributed by atoms with E-state index in [0.717, 1.165) is 32.1 Å². The molecule has 5 nitrogen and oxygen atoms in total. The third-order valence-corrected chi connectivity index (χ3v) is 3.67. The summed E-state index contributed by atoms with van der Waals surface area (Å²) in [5, 5.41) is 3.06. The van der Waals surface area contributed by atoms with Crippen molar-refractivity contribution in [2.24, 2.45) is 0 Å². The topological polar surface area (TPSA) is 64.1 Å². The van der Waals surface area contributed by atoms with Crippen LogP contribution in [0.25, 0.3) is 0 Å². The zero-order valence-electron chi connectivity index (χ0n) is 11.4. The number of carbonyl (C=O) groups is 1. The number of ether oxygens (including phenoxy) is 1. The maximum absolute atomic E-state index is 11.6. The Morgan fingerprint density at radius 2 is 2.15 bits per heavy atom. The summed E-state index contributed by atoms with van der Waals surface area (Å²) in [6.07, 6.45) is 10.0. The molecule has 110 valence electrons. The molecule has 2 rings (SSSR count). The van der Waals surface area contributed by atoms with Gasteiger partial charge in [0, 0.05) is 30.7 Å². The molecular formula is C14H20ClN3O2. The van der Waals surface area contributed by atoms with E-state index in [1.807, 2.05) is 0 Å². The molecule has 0 saturated heterocycles. The molecule has 0 bridgehead atoms. The summed E-state index contributed by atoms with van der Waals surface area (Å²) >= 11 is 5.58. The van der Waals surface area contributed by atoms with Gasteiger partial charge < -0.3 is 10.1 Å². The minimum absolute atomic E-state index is 0.101.